The third kappa shape index (κ3) is 6.97. The molecule has 0 saturated heterocycles. The summed E-state index contributed by atoms with van der Waals surface area (Å²) in [5.41, 5.74) is 7.86. The Morgan fingerprint density at radius 3 is 2.36 bits per heavy atom. The number of nitrogens with two attached hydrogens (primary N) is 1. The smallest absolute Gasteiger partial charge is 0.412 e. The minimum absolute atomic E-state index is 0.224. The van der Waals surface area contributed by atoms with Crippen LogP contribution < -0.4 is 15.8 Å². The second kappa shape index (κ2) is 10.9. The Morgan fingerprint density at radius 1 is 1.11 bits per heavy atom. The number of rotatable bonds is 9. The number of carbonyl (C=O) groups excluding carboxylic acids is 2. The molecule has 0 aliphatic heterocycles. The van der Waals surface area contributed by atoms with Gasteiger partial charge in [-0.2, -0.15) is 0 Å². The zero-order chi connectivity index (χ0) is 26.7. The van der Waals surface area contributed by atoms with Gasteiger partial charge in [0.05, 0.1) is 7.11 Å². The fourth-order valence-electron chi connectivity index (χ4n) is 4.21. The maximum Gasteiger partial charge on any atom is 0.412 e. The van der Waals surface area contributed by atoms with Crippen LogP contribution in [-0.4, -0.2) is 36.0 Å². The van der Waals surface area contributed by atoms with Crippen LogP contribution in [0.5, 0.6) is 5.75 Å². The van der Waals surface area contributed by atoms with Crippen LogP contribution in [0.4, 0.5) is 10.6 Å². The van der Waals surface area contributed by atoms with Crippen LogP contribution in [-0.2, 0) is 14.3 Å². The van der Waals surface area contributed by atoms with Gasteiger partial charge in [-0.25, -0.2) is 9.78 Å². The van der Waals surface area contributed by atoms with Gasteiger partial charge < -0.3 is 14.2 Å². The molecule has 3 rings (SSSR count). The first-order chi connectivity index (χ1) is 16.8. The van der Waals surface area contributed by atoms with Crippen molar-refractivity contribution in [1.29, 1.82) is 0 Å². The van der Waals surface area contributed by atoms with Gasteiger partial charge in [-0.15, -0.1) is 0 Å². The highest BCUT2D eigenvalue weighted by molar-refractivity contribution is 5.84. The molecule has 1 aromatic carbocycles. The second-order valence-corrected chi connectivity index (χ2v) is 11.1. The van der Waals surface area contributed by atoms with Crippen molar-refractivity contribution in [1.82, 2.24) is 4.98 Å². The Kier molecular flexibility index (Phi) is 8.29. The molecule has 2 aromatic rings. The van der Waals surface area contributed by atoms with Crippen molar-refractivity contribution < 1.29 is 23.8 Å². The molecule has 1 heterocycles. The van der Waals surface area contributed by atoms with Crippen molar-refractivity contribution >= 4 is 17.9 Å². The highest BCUT2D eigenvalue weighted by Gasteiger charge is 2.45. The number of carbonyl (C=O) groups is 2. The summed E-state index contributed by atoms with van der Waals surface area (Å²) in [6.45, 7) is 11.5. The van der Waals surface area contributed by atoms with E-state index < -0.39 is 23.3 Å². The van der Waals surface area contributed by atoms with Crippen LogP contribution >= 0.6 is 0 Å². The molecular formula is C28H39N3O5. The molecule has 1 aliphatic carbocycles. The minimum atomic E-state index is -1.01. The van der Waals surface area contributed by atoms with E-state index in [0.717, 1.165) is 29.5 Å². The van der Waals surface area contributed by atoms with Crippen LogP contribution in [0.3, 0.4) is 0 Å². The van der Waals surface area contributed by atoms with Crippen molar-refractivity contribution in [2.45, 2.75) is 78.6 Å². The third-order valence-corrected chi connectivity index (χ3v) is 6.12. The first kappa shape index (κ1) is 27.5. The zero-order valence-electron chi connectivity index (χ0n) is 22.4. The van der Waals surface area contributed by atoms with Gasteiger partial charge in [-0.05, 0) is 99.7 Å². The molecule has 36 heavy (non-hydrogen) atoms. The van der Waals surface area contributed by atoms with Crippen molar-refractivity contribution in [3.05, 3.63) is 42.1 Å². The molecule has 1 fully saturated rings. The maximum atomic E-state index is 13.2. The van der Waals surface area contributed by atoms with Crippen molar-refractivity contribution in [2.75, 3.05) is 12.4 Å². The highest BCUT2D eigenvalue weighted by atomic mass is 16.6. The first-order valence-electron chi connectivity index (χ1n) is 12.4. The van der Waals surface area contributed by atoms with Crippen LogP contribution in [0.1, 0.15) is 72.3 Å². The lowest BCUT2D eigenvalue weighted by molar-refractivity contribution is -0.174. The summed E-state index contributed by atoms with van der Waals surface area (Å²) in [5.74, 6) is 1.32. The molecule has 1 saturated carbocycles. The molecule has 0 radical (unpaired) electrons. The number of benzene rings is 1. The Hall–Kier alpha value is -3.13. The molecule has 1 amide bonds. The molecule has 0 bridgehead atoms. The highest BCUT2D eigenvalue weighted by Crippen LogP contribution is 2.46. The van der Waals surface area contributed by atoms with E-state index in [9.17, 15) is 9.59 Å². The van der Waals surface area contributed by atoms with Crippen LogP contribution in [0.15, 0.2) is 36.5 Å². The molecule has 8 heteroatoms. The fourth-order valence-corrected chi connectivity index (χ4v) is 4.21. The topological polar surface area (TPSA) is 113 Å². The quantitative estimate of drug-likeness (QED) is 0.329. The lowest BCUT2D eigenvalue weighted by Gasteiger charge is -2.37. The lowest BCUT2D eigenvalue weighted by Crippen LogP contribution is -2.52. The van der Waals surface area contributed by atoms with Gasteiger partial charge in [-0.1, -0.05) is 19.9 Å². The van der Waals surface area contributed by atoms with Gasteiger partial charge in [0.25, 0.3) is 0 Å². The lowest BCUT2D eigenvalue weighted by atomic mass is 9.80. The van der Waals surface area contributed by atoms with E-state index in [1.54, 1.807) is 12.3 Å². The second-order valence-electron chi connectivity index (χ2n) is 11.1. The van der Waals surface area contributed by atoms with Crippen LogP contribution in [0.2, 0.25) is 0 Å². The first-order valence-corrected chi connectivity index (χ1v) is 12.4. The molecule has 196 valence electrons. The van der Waals surface area contributed by atoms with Gasteiger partial charge in [0.1, 0.15) is 22.6 Å². The van der Waals surface area contributed by atoms with Crippen molar-refractivity contribution in [3.63, 3.8) is 0 Å². The van der Waals surface area contributed by atoms with Crippen molar-refractivity contribution in [2.24, 2.45) is 17.1 Å². The average molecular weight is 498 g/mol. The third-order valence-electron chi connectivity index (χ3n) is 6.12. The molecular weight excluding hydrogens is 458 g/mol. The number of aromatic nitrogens is 1. The minimum Gasteiger partial charge on any atom is -0.474 e. The Bertz CT molecular complexity index is 1090. The molecule has 1 unspecified atom stereocenters. The zero-order valence-corrected chi connectivity index (χ0v) is 22.4. The van der Waals surface area contributed by atoms with Crippen LogP contribution in [0, 0.1) is 11.3 Å². The number of anilines is 1. The predicted molar refractivity (Wildman–Crippen MR) is 140 cm³/mol. The number of nitrogens with zero attached hydrogens (tertiary/aromatic N) is 1. The number of nitrogens with one attached hydrogen (secondary N) is 1. The molecule has 3 N–H and O–H groups in total. The summed E-state index contributed by atoms with van der Waals surface area (Å²) >= 11 is 0. The summed E-state index contributed by atoms with van der Waals surface area (Å²) < 4.78 is 16.7. The van der Waals surface area contributed by atoms with Gasteiger partial charge in [-0.3, -0.25) is 15.8 Å². The van der Waals surface area contributed by atoms with E-state index in [1.807, 2.05) is 45.9 Å². The summed E-state index contributed by atoms with van der Waals surface area (Å²) in [4.78, 5) is 29.0. The number of pyridine rings is 1. The monoisotopic (exact) mass is 497 g/mol. The number of esters is 1. The molecule has 8 nitrogen and oxygen atoms in total. The molecule has 1 aliphatic rings. The van der Waals surface area contributed by atoms with Crippen LogP contribution in [0.25, 0.3) is 11.1 Å². The average Bonchev–Trinajstić information content (AvgIpc) is 3.63. The van der Waals surface area contributed by atoms with Gasteiger partial charge in [0.15, 0.2) is 6.23 Å². The SMILES string of the molecule is COC(=O)Nc1cc(-c2ccc(O[C@H](N)C(C)(CC(C)C)C(=O)OC(C)(C)C)c(C3CC3)c2)ccn1. The maximum absolute atomic E-state index is 13.2. The van der Waals surface area contributed by atoms with Crippen molar-refractivity contribution in [3.8, 4) is 16.9 Å². The standard InChI is InChI=1S/C28H39N3O5/c1-17(2)16-28(6,25(32)36-27(3,4)5)24(29)35-22-11-10-19(14-21(22)18-8-9-18)20-12-13-30-23(15-20)31-26(33)34-7/h10-15,17-18,24H,8-9,16,29H2,1-7H3,(H,30,31,33)/t24-,28?/m0/s1. The fraction of sp³-hybridized carbons (Fsp3) is 0.536. The summed E-state index contributed by atoms with van der Waals surface area (Å²) in [7, 11) is 1.31. The van der Waals surface area contributed by atoms with E-state index in [2.05, 4.69) is 35.0 Å². The summed E-state index contributed by atoms with van der Waals surface area (Å²) in [6, 6.07) is 9.60. The van der Waals surface area contributed by atoms with Gasteiger partial charge in [0, 0.05) is 6.20 Å². The number of ether oxygens (including phenoxy) is 3. The largest absolute Gasteiger partial charge is 0.474 e. The Labute approximate surface area is 213 Å². The predicted octanol–water partition coefficient (Wildman–Crippen LogP) is 5.86. The van der Waals surface area contributed by atoms with E-state index in [0.29, 0.717) is 23.9 Å². The summed E-state index contributed by atoms with van der Waals surface area (Å²) in [6.07, 6.45) is 2.84. The van der Waals surface area contributed by atoms with E-state index in [-0.39, 0.29) is 11.9 Å². The molecule has 1 aromatic heterocycles. The molecule has 2 atom stereocenters. The normalized spacial score (nSPS) is 16.1. The Morgan fingerprint density at radius 2 is 1.78 bits per heavy atom. The van der Waals surface area contributed by atoms with E-state index >= 15 is 0 Å². The van der Waals surface area contributed by atoms with Gasteiger partial charge >= 0.3 is 12.1 Å². The van der Waals surface area contributed by atoms with E-state index in [1.165, 1.54) is 7.11 Å². The Balaban J connectivity index is 1.89. The number of hydrogen-bond acceptors (Lipinski definition) is 7. The number of amides is 1. The summed E-state index contributed by atoms with van der Waals surface area (Å²) in [5, 5.41) is 2.59. The van der Waals surface area contributed by atoms with Gasteiger partial charge in [0.2, 0.25) is 0 Å². The van der Waals surface area contributed by atoms with E-state index in [4.69, 9.17) is 15.2 Å². The number of hydrogen-bond donors (Lipinski definition) is 2. The number of methoxy groups -OCH3 is 1. The molecule has 0 spiro atoms.